The molecule has 0 atom stereocenters. The second kappa shape index (κ2) is 14.8. The van der Waals surface area contributed by atoms with E-state index in [1.54, 1.807) is 0 Å². The minimum Gasteiger partial charge on any atom is -0.456 e. The average molecular weight is 942 g/mol. The number of anilines is 3. The van der Waals surface area contributed by atoms with Crippen molar-refractivity contribution in [3.63, 3.8) is 0 Å². The SMILES string of the molecule is c1ccc2c(c1)-c1ccc(N(c3ccc4c5ccccc5c5ccccc5c4c3)c3cc4c(cc3-c3ccc5oc6ccccc6c5c3)-c3ccccc3C43c4ccccc4-c4ccccc43)cc1C21CCCC1. The molecule has 0 amide bonds. The van der Waals surface area contributed by atoms with E-state index in [1.807, 2.05) is 0 Å². The number of rotatable bonds is 4. The van der Waals surface area contributed by atoms with E-state index in [4.69, 9.17) is 4.42 Å². The Kier molecular flexibility index (Phi) is 8.13. The summed E-state index contributed by atoms with van der Waals surface area (Å²) in [6.45, 7) is 0. The van der Waals surface area contributed by atoms with E-state index in [1.165, 1.54) is 123 Å². The van der Waals surface area contributed by atoms with Crippen LogP contribution in [0.15, 0.2) is 241 Å². The van der Waals surface area contributed by atoms with Gasteiger partial charge >= 0.3 is 0 Å². The lowest BCUT2D eigenvalue weighted by Crippen LogP contribution is -2.26. The van der Waals surface area contributed by atoms with Gasteiger partial charge in [-0.05, 0) is 172 Å². The van der Waals surface area contributed by atoms with Crippen LogP contribution in [0.3, 0.4) is 0 Å². The highest BCUT2D eigenvalue weighted by Gasteiger charge is 2.52. The van der Waals surface area contributed by atoms with Crippen LogP contribution in [0.2, 0.25) is 0 Å². The summed E-state index contributed by atoms with van der Waals surface area (Å²) < 4.78 is 6.52. The van der Waals surface area contributed by atoms with Crippen LogP contribution >= 0.6 is 0 Å². The molecule has 0 unspecified atom stereocenters. The van der Waals surface area contributed by atoms with Gasteiger partial charge in [-0.1, -0.05) is 195 Å². The normalized spacial score (nSPS) is 15.0. The van der Waals surface area contributed by atoms with Crippen molar-refractivity contribution in [3.05, 3.63) is 270 Å². The van der Waals surface area contributed by atoms with E-state index in [9.17, 15) is 0 Å². The van der Waals surface area contributed by atoms with Gasteiger partial charge in [0, 0.05) is 33.1 Å². The Bertz CT molecular complexity index is 4500. The van der Waals surface area contributed by atoms with Gasteiger partial charge in [0.05, 0.1) is 11.1 Å². The van der Waals surface area contributed by atoms with Crippen molar-refractivity contribution in [1.29, 1.82) is 0 Å². The summed E-state index contributed by atoms with van der Waals surface area (Å²) in [7, 11) is 0. The van der Waals surface area contributed by atoms with Crippen molar-refractivity contribution < 1.29 is 4.42 Å². The smallest absolute Gasteiger partial charge is 0.135 e. The monoisotopic (exact) mass is 941 g/mol. The maximum atomic E-state index is 6.52. The van der Waals surface area contributed by atoms with Crippen molar-refractivity contribution in [2.75, 3.05) is 4.90 Å². The molecule has 346 valence electrons. The van der Waals surface area contributed by atoms with Gasteiger partial charge < -0.3 is 9.32 Å². The van der Waals surface area contributed by atoms with Crippen LogP contribution in [0.25, 0.3) is 98.8 Å². The molecule has 0 radical (unpaired) electrons. The van der Waals surface area contributed by atoms with Crippen molar-refractivity contribution in [2.24, 2.45) is 0 Å². The average Bonchev–Trinajstić information content (AvgIpc) is 4.33. The molecule has 4 aliphatic rings. The van der Waals surface area contributed by atoms with Crippen molar-refractivity contribution in [1.82, 2.24) is 0 Å². The number of furan rings is 1. The summed E-state index contributed by atoms with van der Waals surface area (Å²) in [5, 5.41) is 9.85. The molecule has 17 rings (SSSR count). The summed E-state index contributed by atoms with van der Waals surface area (Å²) in [5.74, 6) is 0. The molecule has 2 spiro atoms. The number of nitrogens with zero attached hydrogens (tertiary/aromatic N) is 1. The number of hydrogen-bond donors (Lipinski definition) is 0. The Morgan fingerprint density at radius 3 is 1.45 bits per heavy atom. The molecule has 0 aliphatic heterocycles. The molecule has 1 heterocycles. The van der Waals surface area contributed by atoms with Crippen LogP contribution < -0.4 is 4.90 Å². The third kappa shape index (κ3) is 5.19. The first kappa shape index (κ1) is 40.6. The van der Waals surface area contributed by atoms with Crippen molar-refractivity contribution in [2.45, 2.75) is 36.5 Å². The number of hydrogen-bond acceptors (Lipinski definition) is 2. The largest absolute Gasteiger partial charge is 0.456 e. The van der Waals surface area contributed by atoms with Gasteiger partial charge in [-0.15, -0.1) is 0 Å². The molecule has 1 aromatic heterocycles. The van der Waals surface area contributed by atoms with Gasteiger partial charge in [0.1, 0.15) is 11.2 Å². The highest BCUT2D eigenvalue weighted by molar-refractivity contribution is 6.26. The van der Waals surface area contributed by atoms with Crippen LogP contribution in [0.5, 0.6) is 0 Å². The van der Waals surface area contributed by atoms with E-state index in [0.717, 1.165) is 51.7 Å². The highest BCUT2D eigenvalue weighted by atomic mass is 16.3. The van der Waals surface area contributed by atoms with Crippen LogP contribution in [0, 0.1) is 0 Å². The Labute approximate surface area is 429 Å². The fourth-order valence-electron chi connectivity index (χ4n) is 15.0. The molecule has 0 saturated heterocycles. The summed E-state index contributed by atoms with van der Waals surface area (Å²) in [4.78, 5) is 2.63. The fraction of sp³-hybridized carbons (Fsp3) is 0.0833. The molecule has 12 aromatic carbocycles. The number of benzene rings is 12. The van der Waals surface area contributed by atoms with Gasteiger partial charge in [-0.3, -0.25) is 0 Å². The molecular weight excluding hydrogens is 895 g/mol. The molecule has 74 heavy (non-hydrogen) atoms. The van der Waals surface area contributed by atoms with Crippen LogP contribution in [-0.2, 0) is 10.8 Å². The molecule has 2 heteroatoms. The Morgan fingerprint density at radius 2 is 0.784 bits per heavy atom. The van der Waals surface area contributed by atoms with Crippen LogP contribution in [0.1, 0.15) is 59.1 Å². The predicted octanol–water partition coefficient (Wildman–Crippen LogP) is 19.4. The first-order valence-electron chi connectivity index (χ1n) is 26.4. The van der Waals surface area contributed by atoms with E-state index >= 15 is 0 Å². The first-order chi connectivity index (χ1) is 36.7. The highest BCUT2D eigenvalue weighted by Crippen LogP contribution is 2.65. The van der Waals surface area contributed by atoms with E-state index in [2.05, 4.69) is 241 Å². The summed E-state index contributed by atoms with van der Waals surface area (Å²) in [6, 6.07) is 90.0. The van der Waals surface area contributed by atoms with Crippen molar-refractivity contribution >= 4 is 71.3 Å². The lowest BCUT2D eigenvalue weighted by atomic mass is 9.70. The molecule has 13 aromatic rings. The third-order valence-electron chi connectivity index (χ3n) is 18.0. The van der Waals surface area contributed by atoms with Crippen molar-refractivity contribution in [3.8, 4) is 44.5 Å². The minimum atomic E-state index is -0.533. The van der Waals surface area contributed by atoms with Gasteiger partial charge in [-0.2, -0.15) is 0 Å². The van der Waals surface area contributed by atoms with Crippen LogP contribution in [-0.4, -0.2) is 0 Å². The summed E-state index contributed by atoms with van der Waals surface area (Å²) in [5.41, 5.74) is 23.2. The lowest BCUT2D eigenvalue weighted by molar-refractivity contribution is 0.550. The third-order valence-corrected chi connectivity index (χ3v) is 18.0. The van der Waals surface area contributed by atoms with Gasteiger partial charge in [0.25, 0.3) is 0 Å². The zero-order valence-corrected chi connectivity index (χ0v) is 40.7. The molecule has 1 saturated carbocycles. The standard InChI is InChI=1S/C72H47NO/c1-2-19-49-47(17-1)48-18-3-4-20-50(48)59-40-45(32-34-51(49)59)73(46-33-35-56-52-21-5-10-26-62(52)71(66(56)41-46)37-15-16-38-71)68-43-67-60(42-58(68)44-31-36-70-61(39-44)57-25-9-14-30-69(57)74-70)55-24-8-13-29-65(55)72(67)63-27-11-6-22-53(63)54-23-7-12-28-64(54)72/h1-14,17-36,39-43H,15-16,37-38H2. The number of fused-ring (bicyclic) bond motifs is 24. The van der Waals surface area contributed by atoms with E-state index in [0.29, 0.717) is 0 Å². The number of para-hydroxylation sites is 1. The van der Waals surface area contributed by atoms with E-state index < -0.39 is 5.41 Å². The topological polar surface area (TPSA) is 16.4 Å². The quantitative estimate of drug-likeness (QED) is 0.164. The molecule has 0 N–H and O–H groups in total. The zero-order chi connectivity index (χ0) is 48.3. The second-order valence-electron chi connectivity index (χ2n) is 21.3. The Hall–Kier alpha value is -8.98. The summed E-state index contributed by atoms with van der Waals surface area (Å²) >= 11 is 0. The maximum Gasteiger partial charge on any atom is 0.135 e. The molecule has 1 fully saturated rings. The first-order valence-corrected chi connectivity index (χ1v) is 26.4. The molecular formula is C72H47NO. The molecule has 0 bridgehead atoms. The molecule has 2 nitrogen and oxygen atoms in total. The predicted molar refractivity (Wildman–Crippen MR) is 307 cm³/mol. The Morgan fingerprint density at radius 1 is 0.297 bits per heavy atom. The van der Waals surface area contributed by atoms with E-state index in [-0.39, 0.29) is 5.41 Å². The zero-order valence-electron chi connectivity index (χ0n) is 40.7. The van der Waals surface area contributed by atoms with Gasteiger partial charge in [-0.25, -0.2) is 0 Å². The Balaban J connectivity index is 1.02. The lowest BCUT2D eigenvalue weighted by Gasteiger charge is -2.34. The second-order valence-corrected chi connectivity index (χ2v) is 21.3. The fourth-order valence-corrected chi connectivity index (χ4v) is 15.0. The maximum absolute atomic E-state index is 6.52. The minimum absolute atomic E-state index is 0.0107. The summed E-state index contributed by atoms with van der Waals surface area (Å²) in [6.07, 6.45) is 4.80. The van der Waals surface area contributed by atoms with Gasteiger partial charge in [0.2, 0.25) is 0 Å². The van der Waals surface area contributed by atoms with Gasteiger partial charge in [0.15, 0.2) is 0 Å². The molecule has 4 aliphatic carbocycles. The van der Waals surface area contributed by atoms with Crippen LogP contribution in [0.4, 0.5) is 17.1 Å².